The molecule has 1 rings (SSSR count). The Morgan fingerprint density at radius 3 is 2.80 bits per heavy atom. The van der Waals surface area contributed by atoms with Crippen molar-refractivity contribution in [1.82, 2.24) is 10.3 Å². The number of halogens is 1. The number of aromatic nitrogens is 1. The van der Waals surface area contributed by atoms with Crippen LogP contribution < -0.4 is 5.32 Å². The van der Waals surface area contributed by atoms with Crippen molar-refractivity contribution in [2.24, 2.45) is 5.41 Å². The van der Waals surface area contributed by atoms with Gasteiger partial charge in [-0.25, -0.2) is 4.98 Å². The Morgan fingerprint density at radius 2 is 2.33 bits per heavy atom. The van der Waals surface area contributed by atoms with Gasteiger partial charge >= 0.3 is 0 Å². The van der Waals surface area contributed by atoms with E-state index >= 15 is 0 Å². The topological polar surface area (TPSA) is 42.0 Å². The molecule has 3 nitrogen and oxygen atoms in total. The van der Waals surface area contributed by atoms with Gasteiger partial charge < -0.3 is 5.32 Å². The number of nitrogens with one attached hydrogen (secondary N) is 1. The molecule has 1 aromatic rings. The van der Waals surface area contributed by atoms with E-state index in [1.165, 1.54) is 0 Å². The van der Waals surface area contributed by atoms with Gasteiger partial charge in [-0.2, -0.15) is 0 Å². The smallest absolute Gasteiger partial charge is 0.227 e. The van der Waals surface area contributed by atoms with Crippen LogP contribution in [0.3, 0.4) is 0 Å². The lowest BCUT2D eigenvalue weighted by molar-refractivity contribution is -0.128. The number of alkyl halides is 1. The van der Waals surface area contributed by atoms with E-state index < -0.39 is 5.41 Å². The van der Waals surface area contributed by atoms with E-state index in [-0.39, 0.29) is 5.91 Å². The summed E-state index contributed by atoms with van der Waals surface area (Å²) in [4.78, 5) is 15.9. The third-order valence-electron chi connectivity index (χ3n) is 2.05. The zero-order valence-electron chi connectivity index (χ0n) is 9.13. The zero-order chi connectivity index (χ0) is 11.5. The van der Waals surface area contributed by atoms with Crippen LogP contribution in [0.2, 0.25) is 0 Å². The maximum absolute atomic E-state index is 11.7. The van der Waals surface area contributed by atoms with Crippen LogP contribution in [-0.4, -0.2) is 16.8 Å². The SMILES string of the molecule is Cc1nc(CNC(=O)C(C)(C)CCl)cs1. The highest BCUT2D eigenvalue weighted by molar-refractivity contribution is 7.09. The van der Waals surface area contributed by atoms with Crippen LogP contribution in [0.15, 0.2) is 5.38 Å². The fourth-order valence-electron chi connectivity index (χ4n) is 0.960. The molecular weight excluding hydrogens is 232 g/mol. The Balaban J connectivity index is 2.47. The molecule has 0 radical (unpaired) electrons. The Morgan fingerprint density at radius 1 is 1.67 bits per heavy atom. The van der Waals surface area contributed by atoms with Crippen LogP contribution in [0, 0.1) is 12.3 Å². The molecule has 0 aliphatic carbocycles. The van der Waals surface area contributed by atoms with Gasteiger partial charge in [-0.1, -0.05) is 0 Å². The van der Waals surface area contributed by atoms with Crippen molar-refractivity contribution in [2.45, 2.75) is 27.3 Å². The fraction of sp³-hybridized carbons (Fsp3) is 0.600. The molecule has 1 N–H and O–H groups in total. The number of thiazole rings is 1. The molecule has 0 bridgehead atoms. The zero-order valence-corrected chi connectivity index (χ0v) is 10.7. The first-order valence-corrected chi connectivity index (χ1v) is 6.12. The van der Waals surface area contributed by atoms with Gasteiger partial charge in [0.05, 0.1) is 22.7 Å². The molecule has 0 aromatic carbocycles. The molecule has 1 amide bonds. The highest BCUT2D eigenvalue weighted by atomic mass is 35.5. The van der Waals surface area contributed by atoms with Crippen molar-refractivity contribution in [2.75, 3.05) is 5.88 Å². The lowest BCUT2D eigenvalue weighted by Crippen LogP contribution is -2.37. The minimum absolute atomic E-state index is 0.0387. The second kappa shape index (κ2) is 4.94. The first-order valence-electron chi connectivity index (χ1n) is 4.71. The maximum atomic E-state index is 11.7. The molecule has 0 fully saturated rings. The number of amides is 1. The number of hydrogen-bond donors (Lipinski definition) is 1. The van der Waals surface area contributed by atoms with Crippen molar-refractivity contribution in [3.05, 3.63) is 16.1 Å². The summed E-state index contributed by atoms with van der Waals surface area (Å²) in [7, 11) is 0. The lowest BCUT2D eigenvalue weighted by Gasteiger charge is -2.19. The molecule has 84 valence electrons. The Labute approximate surface area is 98.9 Å². The highest BCUT2D eigenvalue weighted by Gasteiger charge is 2.26. The minimum atomic E-state index is -0.521. The second-order valence-electron chi connectivity index (χ2n) is 4.06. The van der Waals surface area contributed by atoms with Gasteiger partial charge in [0.15, 0.2) is 0 Å². The first-order chi connectivity index (χ1) is 6.95. The number of hydrogen-bond acceptors (Lipinski definition) is 3. The highest BCUT2D eigenvalue weighted by Crippen LogP contribution is 2.17. The monoisotopic (exact) mass is 246 g/mol. The maximum Gasteiger partial charge on any atom is 0.227 e. The lowest BCUT2D eigenvalue weighted by atomic mass is 9.95. The van der Waals surface area contributed by atoms with E-state index in [2.05, 4.69) is 10.3 Å². The molecule has 0 atom stereocenters. The quantitative estimate of drug-likeness (QED) is 0.829. The fourth-order valence-corrected chi connectivity index (χ4v) is 1.69. The Bertz CT molecular complexity index is 349. The van der Waals surface area contributed by atoms with Crippen molar-refractivity contribution in [3.63, 3.8) is 0 Å². The van der Waals surface area contributed by atoms with Crippen LogP contribution >= 0.6 is 22.9 Å². The molecule has 0 aliphatic heterocycles. The molecule has 0 saturated carbocycles. The van der Waals surface area contributed by atoms with Gasteiger partial charge in [0.1, 0.15) is 0 Å². The van der Waals surface area contributed by atoms with Crippen LogP contribution in [0.5, 0.6) is 0 Å². The van der Waals surface area contributed by atoms with E-state index in [4.69, 9.17) is 11.6 Å². The molecular formula is C10H15ClN2OS. The summed E-state index contributed by atoms with van der Waals surface area (Å²) >= 11 is 7.28. The summed E-state index contributed by atoms with van der Waals surface area (Å²) in [6.45, 7) is 6.06. The molecule has 15 heavy (non-hydrogen) atoms. The minimum Gasteiger partial charge on any atom is -0.350 e. The van der Waals surface area contributed by atoms with Gasteiger partial charge in [0.25, 0.3) is 0 Å². The van der Waals surface area contributed by atoms with E-state index in [9.17, 15) is 4.79 Å². The summed E-state index contributed by atoms with van der Waals surface area (Å²) in [6.07, 6.45) is 0. The first kappa shape index (κ1) is 12.5. The molecule has 0 aliphatic rings. The van der Waals surface area contributed by atoms with Gasteiger partial charge in [-0.05, 0) is 20.8 Å². The number of carbonyl (C=O) groups excluding carboxylic acids is 1. The van der Waals surface area contributed by atoms with Crippen LogP contribution in [0.1, 0.15) is 24.5 Å². The summed E-state index contributed by atoms with van der Waals surface area (Å²) in [5.41, 5.74) is 0.378. The normalized spacial score (nSPS) is 11.5. The standard InChI is InChI=1S/C10H15ClN2OS/c1-7-13-8(5-15-7)4-12-9(14)10(2,3)6-11/h5H,4,6H2,1-3H3,(H,12,14). The summed E-state index contributed by atoms with van der Waals surface area (Å²) in [5.74, 6) is 0.276. The van der Waals surface area contributed by atoms with Crippen molar-refractivity contribution in [3.8, 4) is 0 Å². The van der Waals surface area contributed by atoms with Gasteiger partial charge in [-0.15, -0.1) is 22.9 Å². The number of rotatable bonds is 4. The largest absolute Gasteiger partial charge is 0.350 e. The van der Waals surface area contributed by atoms with Crippen LogP contribution in [0.25, 0.3) is 0 Å². The van der Waals surface area contributed by atoms with Gasteiger partial charge in [0.2, 0.25) is 5.91 Å². The van der Waals surface area contributed by atoms with Crippen molar-refractivity contribution < 1.29 is 4.79 Å². The third-order valence-corrected chi connectivity index (χ3v) is 3.54. The molecule has 0 saturated heterocycles. The summed E-state index contributed by atoms with van der Waals surface area (Å²) in [5, 5.41) is 5.78. The van der Waals surface area contributed by atoms with E-state index in [0.717, 1.165) is 10.7 Å². The summed E-state index contributed by atoms with van der Waals surface area (Å²) < 4.78 is 0. The van der Waals surface area contributed by atoms with Crippen LogP contribution in [-0.2, 0) is 11.3 Å². The van der Waals surface area contributed by atoms with Gasteiger partial charge in [-0.3, -0.25) is 4.79 Å². The third kappa shape index (κ3) is 3.47. The molecule has 1 aromatic heterocycles. The molecule has 5 heteroatoms. The van der Waals surface area contributed by atoms with Gasteiger partial charge in [0, 0.05) is 11.3 Å². The molecule has 1 heterocycles. The van der Waals surface area contributed by atoms with Crippen LogP contribution in [0.4, 0.5) is 0 Å². The van der Waals surface area contributed by atoms with E-state index in [1.807, 2.05) is 26.2 Å². The predicted octanol–water partition coefficient (Wildman–Crippen LogP) is 2.33. The van der Waals surface area contributed by atoms with E-state index in [0.29, 0.717) is 12.4 Å². The van der Waals surface area contributed by atoms with E-state index in [1.54, 1.807) is 11.3 Å². The summed E-state index contributed by atoms with van der Waals surface area (Å²) in [6, 6.07) is 0. The number of aryl methyl sites for hydroxylation is 1. The Kier molecular flexibility index (Phi) is 4.11. The van der Waals surface area contributed by atoms with Crippen molar-refractivity contribution in [1.29, 1.82) is 0 Å². The number of carbonyl (C=O) groups is 1. The molecule has 0 spiro atoms. The Hall–Kier alpha value is -0.610. The number of nitrogens with zero attached hydrogens (tertiary/aromatic N) is 1. The van der Waals surface area contributed by atoms with Crippen molar-refractivity contribution >= 4 is 28.8 Å². The molecule has 0 unspecified atom stereocenters. The average Bonchev–Trinajstić information content (AvgIpc) is 2.60. The second-order valence-corrected chi connectivity index (χ2v) is 5.39. The predicted molar refractivity (Wildman–Crippen MR) is 63.2 cm³/mol. The average molecular weight is 247 g/mol.